The first kappa shape index (κ1) is 19.9. The van der Waals surface area contributed by atoms with Crippen LogP contribution in [0.15, 0.2) is 0 Å². The summed E-state index contributed by atoms with van der Waals surface area (Å²) >= 11 is 17.2. The quantitative estimate of drug-likeness (QED) is 0.372. The Morgan fingerprint density at radius 1 is 0.789 bits per heavy atom. The minimum Gasteiger partial charge on any atom is -0.368 e. The average molecular weight is 354 g/mol. The lowest BCUT2D eigenvalue weighted by Gasteiger charge is -2.34. The van der Waals surface area contributed by atoms with Gasteiger partial charge in [-0.15, -0.1) is 34.8 Å². The minimum absolute atomic E-state index is 0.0907. The second-order valence-electron chi connectivity index (χ2n) is 4.74. The maximum atomic E-state index is 9.01. The van der Waals surface area contributed by atoms with E-state index in [-0.39, 0.29) is 12.0 Å². The standard InChI is InChI=1S/C11H23Cl3O4Si/c12-7-1-4-11(5-2-8-13,6-3-9-14)10-18-19(15,16)17/h15-17H,1-10H2. The molecule has 0 aliphatic carbocycles. The van der Waals surface area contributed by atoms with E-state index in [9.17, 15) is 0 Å². The number of hydrogen-bond donors (Lipinski definition) is 3. The van der Waals surface area contributed by atoms with Gasteiger partial charge in [-0.2, -0.15) is 0 Å². The third-order valence-corrected chi connectivity index (χ3v) is 4.43. The molecule has 0 radical (unpaired) electrons. The lowest BCUT2D eigenvalue weighted by atomic mass is 9.76. The van der Waals surface area contributed by atoms with E-state index < -0.39 is 9.05 Å². The monoisotopic (exact) mass is 352 g/mol. The second kappa shape index (κ2) is 10.6. The zero-order valence-corrected chi connectivity index (χ0v) is 14.2. The zero-order chi connectivity index (χ0) is 14.8. The Labute approximate surface area is 131 Å². The van der Waals surface area contributed by atoms with Crippen LogP contribution in [0.5, 0.6) is 0 Å². The van der Waals surface area contributed by atoms with Crippen LogP contribution in [-0.2, 0) is 4.43 Å². The summed E-state index contributed by atoms with van der Waals surface area (Å²) in [5.41, 5.74) is -0.259. The first-order chi connectivity index (χ1) is 8.89. The van der Waals surface area contributed by atoms with Crippen molar-refractivity contribution in [3.05, 3.63) is 0 Å². The average Bonchev–Trinajstić information content (AvgIpc) is 2.36. The van der Waals surface area contributed by atoms with Crippen molar-refractivity contribution >= 4 is 43.9 Å². The van der Waals surface area contributed by atoms with E-state index in [0.29, 0.717) is 17.6 Å². The van der Waals surface area contributed by atoms with E-state index in [1.54, 1.807) is 0 Å². The van der Waals surface area contributed by atoms with Gasteiger partial charge < -0.3 is 18.8 Å². The molecule has 0 spiro atoms. The van der Waals surface area contributed by atoms with Crippen molar-refractivity contribution < 1.29 is 18.8 Å². The molecule has 19 heavy (non-hydrogen) atoms. The Balaban J connectivity index is 4.66. The first-order valence-corrected chi connectivity index (χ1v) is 9.73. The molecule has 116 valence electrons. The van der Waals surface area contributed by atoms with Crippen molar-refractivity contribution in [3.8, 4) is 0 Å². The van der Waals surface area contributed by atoms with Gasteiger partial charge in [0.05, 0.1) is 0 Å². The maximum absolute atomic E-state index is 9.01. The topological polar surface area (TPSA) is 69.9 Å². The summed E-state index contributed by atoms with van der Waals surface area (Å²) in [7, 11) is -4.48. The third kappa shape index (κ3) is 10.3. The normalized spacial score (nSPS) is 12.9. The highest BCUT2D eigenvalue weighted by Gasteiger charge is 2.37. The van der Waals surface area contributed by atoms with Crippen molar-refractivity contribution in [2.45, 2.75) is 38.5 Å². The molecule has 0 heterocycles. The van der Waals surface area contributed by atoms with Crippen LogP contribution in [-0.4, -0.2) is 47.7 Å². The van der Waals surface area contributed by atoms with Gasteiger partial charge in [-0.3, -0.25) is 0 Å². The molecule has 0 fully saturated rings. The summed E-state index contributed by atoms with van der Waals surface area (Å²) in [6, 6.07) is 0. The van der Waals surface area contributed by atoms with Crippen molar-refractivity contribution in [1.82, 2.24) is 0 Å². The lowest BCUT2D eigenvalue weighted by molar-refractivity contribution is 0.00928. The summed E-state index contributed by atoms with van der Waals surface area (Å²) < 4.78 is 4.86. The van der Waals surface area contributed by atoms with E-state index >= 15 is 0 Å². The molecule has 8 heteroatoms. The largest absolute Gasteiger partial charge is 0.671 e. The first-order valence-electron chi connectivity index (χ1n) is 6.38. The van der Waals surface area contributed by atoms with E-state index in [4.69, 9.17) is 53.6 Å². The van der Waals surface area contributed by atoms with E-state index in [2.05, 4.69) is 0 Å². The van der Waals surface area contributed by atoms with Gasteiger partial charge in [-0.25, -0.2) is 0 Å². The van der Waals surface area contributed by atoms with Gasteiger partial charge in [0.1, 0.15) is 0 Å². The van der Waals surface area contributed by atoms with Crippen LogP contribution in [0.3, 0.4) is 0 Å². The van der Waals surface area contributed by atoms with Gasteiger partial charge >= 0.3 is 9.05 Å². The van der Waals surface area contributed by atoms with Crippen LogP contribution in [0.4, 0.5) is 0 Å². The Hall–Kier alpha value is 0.927. The highest BCUT2D eigenvalue weighted by molar-refractivity contribution is 6.48. The molecular weight excluding hydrogens is 331 g/mol. The molecule has 3 N–H and O–H groups in total. The van der Waals surface area contributed by atoms with Crippen molar-refractivity contribution in [2.24, 2.45) is 5.41 Å². The molecule has 4 nitrogen and oxygen atoms in total. The Morgan fingerprint density at radius 2 is 1.16 bits per heavy atom. The van der Waals surface area contributed by atoms with Crippen molar-refractivity contribution in [2.75, 3.05) is 24.2 Å². The zero-order valence-electron chi connectivity index (χ0n) is 11.0. The van der Waals surface area contributed by atoms with E-state index in [0.717, 1.165) is 38.5 Å². The van der Waals surface area contributed by atoms with Gasteiger partial charge in [0.2, 0.25) is 0 Å². The summed E-state index contributed by atoms with van der Waals surface area (Å²) in [5, 5.41) is 0. The Kier molecular flexibility index (Phi) is 11.1. The van der Waals surface area contributed by atoms with E-state index in [1.165, 1.54) is 0 Å². The lowest BCUT2D eigenvalue weighted by Crippen LogP contribution is -2.43. The van der Waals surface area contributed by atoms with Gasteiger partial charge in [0.15, 0.2) is 0 Å². The van der Waals surface area contributed by atoms with Gasteiger partial charge in [-0.05, 0) is 43.9 Å². The highest BCUT2D eigenvalue weighted by atomic mass is 35.5. The molecule has 0 saturated carbocycles. The molecule has 0 bridgehead atoms. The van der Waals surface area contributed by atoms with Crippen LogP contribution in [0, 0.1) is 5.41 Å². The van der Waals surface area contributed by atoms with Crippen molar-refractivity contribution in [1.29, 1.82) is 0 Å². The molecule has 0 rings (SSSR count). The Morgan fingerprint density at radius 3 is 1.42 bits per heavy atom. The van der Waals surface area contributed by atoms with Gasteiger partial charge in [-0.1, -0.05) is 0 Å². The molecule has 0 aromatic heterocycles. The van der Waals surface area contributed by atoms with Crippen molar-refractivity contribution in [3.63, 3.8) is 0 Å². The Bertz CT molecular complexity index is 205. The summed E-state index contributed by atoms with van der Waals surface area (Å²) in [5.74, 6) is 1.59. The molecule has 0 aromatic rings. The fraction of sp³-hybridized carbons (Fsp3) is 1.00. The molecular formula is C11H23Cl3O4Si. The highest BCUT2D eigenvalue weighted by Crippen LogP contribution is 2.36. The number of halogens is 3. The van der Waals surface area contributed by atoms with Gasteiger partial charge in [0.25, 0.3) is 0 Å². The van der Waals surface area contributed by atoms with Crippen LogP contribution >= 0.6 is 34.8 Å². The van der Waals surface area contributed by atoms with Crippen LogP contribution in [0.2, 0.25) is 0 Å². The fourth-order valence-electron chi connectivity index (χ4n) is 2.17. The van der Waals surface area contributed by atoms with Gasteiger partial charge in [0, 0.05) is 24.2 Å². The SMILES string of the molecule is O[Si](O)(O)OCC(CCCCl)(CCCCl)CCCCl. The smallest absolute Gasteiger partial charge is 0.368 e. The van der Waals surface area contributed by atoms with Crippen LogP contribution in [0.25, 0.3) is 0 Å². The third-order valence-electron chi connectivity index (χ3n) is 3.09. The minimum atomic E-state index is -4.48. The maximum Gasteiger partial charge on any atom is 0.671 e. The molecule has 0 saturated heterocycles. The second-order valence-corrected chi connectivity index (χ2v) is 7.31. The summed E-state index contributed by atoms with van der Waals surface area (Å²) in [6.07, 6.45) is 4.75. The molecule has 0 atom stereocenters. The predicted molar refractivity (Wildman–Crippen MR) is 80.7 cm³/mol. The van der Waals surface area contributed by atoms with E-state index in [1.807, 2.05) is 0 Å². The molecule has 0 amide bonds. The molecule has 0 aliphatic heterocycles. The number of hydrogen-bond acceptors (Lipinski definition) is 4. The number of alkyl halides is 3. The predicted octanol–water partition coefficient (Wildman–Crippen LogP) is 2.46. The summed E-state index contributed by atoms with van der Waals surface area (Å²) in [4.78, 5) is 27.0. The van der Waals surface area contributed by atoms with Crippen LogP contribution < -0.4 is 0 Å². The molecule has 0 unspecified atom stereocenters. The fourth-order valence-corrected chi connectivity index (χ4v) is 3.07. The summed E-state index contributed by atoms with van der Waals surface area (Å²) in [6.45, 7) is 0.0907. The molecule has 0 aliphatic rings. The number of rotatable bonds is 12. The molecule has 0 aromatic carbocycles. The van der Waals surface area contributed by atoms with Crippen LogP contribution in [0.1, 0.15) is 38.5 Å².